The van der Waals surface area contributed by atoms with Gasteiger partial charge in [0.1, 0.15) is 0 Å². The van der Waals surface area contributed by atoms with E-state index in [0.29, 0.717) is 37.2 Å². The van der Waals surface area contributed by atoms with Crippen LogP contribution in [0.15, 0.2) is 42.5 Å². The second-order valence-electron chi connectivity index (χ2n) is 12.3. The predicted octanol–water partition coefficient (Wildman–Crippen LogP) is 4.64. The van der Waals surface area contributed by atoms with E-state index in [9.17, 15) is 19.5 Å². The van der Waals surface area contributed by atoms with Crippen molar-refractivity contribution in [1.82, 2.24) is 0 Å². The zero-order chi connectivity index (χ0) is 29.1. The number of carbonyl (C=O) groups excluding carboxylic acids is 3. The summed E-state index contributed by atoms with van der Waals surface area (Å²) >= 11 is 0. The summed E-state index contributed by atoms with van der Waals surface area (Å²) < 4.78 is 22.5. The van der Waals surface area contributed by atoms with Crippen LogP contribution in [-0.4, -0.2) is 57.0 Å². The average molecular weight is 580 g/mol. The molecular formula is C31H38FN3O5Si. The standard InChI is InChI=1S/C31H38FN3O5Si/c1-20-29(41(2,3)32)26(14-17-36)40-31(20)24-18-23(34-16-5-7-28(34)38)12-13-25(24)35(30(31)39)19-21-8-10-22(11-9-21)33-15-4-6-27(33)37/h8-13,18,20,26,29,36H,4-7,14-17,19H2,1-3H3/t20-,26+,29-,31+/m0/s1. The largest absolute Gasteiger partial charge is 0.396 e. The monoisotopic (exact) mass is 579 g/mol. The van der Waals surface area contributed by atoms with E-state index in [1.54, 1.807) is 27.8 Å². The summed E-state index contributed by atoms with van der Waals surface area (Å²) in [6.45, 7) is 6.64. The molecule has 0 unspecified atom stereocenters. The van der Waals surface area contributed by atoms with Gasteiger partial charge in [0.05, 0.1) is 18.3 Å². The SMILES string of the molecule is C[C@H]1[C@H]([Si](C)(C)F)[C@@H](CCO)O[C@]12C(=O)N(Cc1ccc(N3CCCC3=O)cc1)c1ccc(N3CCCC3=O)cc12. The molecule has 4 aliphatic rings. The number of nitrogens with zero attached hydrogens (tertiary/aromatic N) is 3. The Morgan fingerprint density at radius 2 is 1.59 bits per heavy atom. The first-order chi connectivity index (χ1) is 19.6. The van der Waals surface area contributed by atoms with Gasteiger partial charge in [-0.05, 0) is 68.3 Å². The molecule has 10 heteroatoms. The van der Waals surface area contributed by atoms with Gasteiger partial charge in [-0.2, -0.15) is 0 Å². The topological polar surface area (TPSA) is 90.4 Å². The van der Waals surface area contributed by atoms with Crippen LogP contribution in [0.4, 0.5) is 21.2 Å². The Morgan fingerprint density at radius 1 is 0.976 bits per heavy atom. The second kappa shape index (κ2) is 10.3. The number of aliphatic hydroxyl groups excluding tert-OH is 1. The molecule has 1 spiro atoms. The highest BCUT2D eigenvalue weighted by atomic mass is 28.4. The van der Waals surface area contributed by atoms with Crippen LogP contribution in [0.25, 0.3) is 0 Å². The molecule has 3 saturated heterocycles. The second-order valence-corrected chi connectivity index (χ2v) is 16.1. The summed E-state index contributed by atoms with van der Waals surface area (Å²) in [5.41, 5.74) is 1.92. The lowest BCUT2D eigenvalue weighted by Gasteiger charge is -2.31. The molecule has 0 aliphatic carbocycles. The van der Waals surface area contributed by atoms with Crippen molar-refractivity contribution in [2.75, 3.05) is 34.4 Å². The van der Waals surface area contributed by atoms with Crippen LogP contribution >= 0.6 is 0 Å². The fourth-order valence-electron chi connectivity index (χ4n) is 7.56. The van der Waals surface area contributed by atoms with Gasteiger partial charge in [-0.15, -0.1) is 0 Å². The van der Waals surface area contributed by atoms with Crippen LogP contribution in [0, 0.1) is 5.92 Å². The van der Waals surface area contributed by atoms with Gasteiger partial charge in [0, 0.05) is 60.9 Å². The van der Waals surface area contributed by atoms with Crippen molar-refractivity contribution in [2.24, 2.45) is 5.92 Å². The highest BCUT2D eigenvalue weighted by Gasteiger charge is 2.66. The Balaban J connectivity index is 1.40. The Kier molecular flexibility index (Phi) is 7.06. The summed E-state index contributed by atoms with van der Waals surface area (Å²) in [7, 11) is -3.31. The number of halogens is 1. The number of hydrogen-bond acceptors (Lipinski definition) is 5. The van der Waals surface area contributed by atoms with Crippen LogP contribution in [0.5, 0.6) is 0 Å². The third-order valence-corrected chi connectivity index (χ3v) is 11.9. The van der Waals surface area contributed by atoms with Gasteiger partial charge in [0.25, 0.3) is 5.91 Å². The van der Waals surface area contributed by atoms with Crippen LogP contribution in [0.3, 0.4) is 0 Å². The molecule has 0 aromatic heterocycles. The molecule has 4 aliphatic heterocycles. The van der Waals surface area contributed by atoms with Crippen LogP contribution in [0.2, 0.25) is 18.6 Å². The number of hydrogen-bond donors (Lipinski definition) is 1. The normalized spacial score (nSPS) is 28.1. The van der Waals surface area contributed by atoms with Gasteiger partial charge in [0.15, 0.2) is 5.60 Å². The number of carbonyl (C=O) groups is 3. The van der Waals surface area contributed by atoms with Crippen LogP contribution in [0.1, 0.15) is 50.2 Å². The van der Waals surface area contributed by atoms with Crippen molar-refractivity contribution in [2.45, 2.75) is 75.9 Å². The third-order valence-electron chi connectivity index (χ3n) is 9.41. The Labute approximate surface area is 241 Å². The lowest BCUT2D eigenvalue weighted by molar-refractivity contribution is -0.146. The Morgan fingerprint density at radius 3 is 2.15 bits per heavy atom. The fourth-order valence-corrected chi connectivity index (χ4v) is 10.1. The number of amides is 3. The predicted molar refractivity (Wildman–Crippen MR) is 157 cm³/mol. The minimum absolute atomic E-state index is 0.0467. The van der Waals surface area contributed by atoms with Gasteiger partial charge < -0.3 is 28.7 Å². The lowest BCUT2D eigenvalue weighted by Crippen LogP contribution is -2.45. The zero-order valence-electron chi connectivity index (χ0n) is 23.9. The highest BCUT2D eigenvalue weighted by Crippen LogP contribution is 2.60. The van der Waals surface area contributed by atoms with E-state index in [1.807, 2.05) is 49.4 Å². The summed E-state index contributed by atoms with van der Waals surface area (Å²) in [4.78, 5) is 44.6. The molecule has 4 heterocycles. The van der Waals surface area contributed by atoms with E-state index in [4.69, 9.17) is 4.74 Å². The molecule has 0 bridgehead atoms. The summed E-state index contributed by atoms with van der Waals surface area (Å²) in [5.74, 6) is -0.540. The lowest BCUT2D eigenvalue weighted by atomic mass is 9.82. The molecule has 0 saturated carbocycles. The van der Waals surface area contributed by atoms with Crippen molar-refractivity contribution in [3.8, 4) is 0 Å². The molecule has 1 N–H and O–H groups in total. The molecule has 3 amide bonds. The van der Waals surface area contributed by atoms with Gasteiger partial charge in [-0.25, -0.2) is 0 Å². The van der Waals surface area contributed by atoms with Crippen molar-refractivity contribution in [3.63, 3.8) is 0 Å². The van der Waals surface area contributed by atoms with E-state index >= 15 is 4.11 Å². The summed E-state index contributed by atoms with van der Waals surface area (Å²) in [6, 6.07) is 13.3. The van der Waals surface area contributed by atoms with E-state index in [1.165, 1.54) is 0 Å². The maximum Gasteiger partial charge on any atom is 0.264 e. The van der Waals surface area contributed by atoms with Gasteiger partial charge in [-0.3, -0.25) is 14.4 Å². The van der Waals surface area contributed by atoms with Gasteiger partial charge in [0.2, 0.25) is 20.2 Å². The fraction of sp³-hybridized carbons (Fsp3) is 0.516. The molecular weight excluding hydrogens is 541 g/mol. The first-order valence-electron chi connectivity index (χ1n) is 14.7. The first-order valence-corrected chi connectivity index (χ1v) is 17.7. The Hall–Kier alpha value is -3.08. The molecule has 0 radical (unpaired) electrons. The smallest absolute Gasteiger partial charge is 0.264 e. The van der Waals surface area contributed by atoms with Crippen LogP contribution in [-0.2, 0) is 31.3 Å². The zero-order valence-corrected chi connectivity index (χ0v) is 24.9. The maximum absolute atomic E-state index is 15.8. The molecule has 218 valence electrons. The van der Waals surface area contributed by atoms with Gasteiger partial charge >= 0.3 is 0 Å². The molecule has 2 aromatic carbocycles. The minimum Gasteiger partial charge on any atom is -0.396 e. The minimum atomic E-state index is -3.31. The van der Waals surface area contributed by atoms with E-state index in [-0.39, 0.29) is 37.3 Å². The van der Waals surface area contributed by atoms with E-state index < -0.39 is 31.6 Å². The van der Waals surface area contributed by atoms with Crippen molar-refractivity contribution >= 4 is 43.2 Å². The molecule has 8 nitrogen and oxygen atoms in total. The quantitative estimate of drug-likeness (QED) is 0.381. The summed E-state index contributed by atoms with van der Waals surface area (Å²) in [5, 5.41) is 9.82. The van der Waals surface area contributed by atoms with Crippen molar-refractivity contribution in [1.29, 1.82) is 0 Å². The molecule has 3 fully saturated rings. The summed E-state index contributed by atoms with van der Waals surface area (Å²) in [6.07, 6.45) is 2.33. The molecule has 6 rings (SSSR count). The number of ether oxygens (including phenoxy) is 1. The van der Waals surface area contributed by atoms with E-state index in [2.05, 4.69) is 0 Å². The first kappa shape index (κ1) is 28.1. The number of anilines is 3. The number of fused-ring (bicyclic) bond motifs is 2. The average Bonchev–Trinajstić information content (AvgIpc) is 3.68. The molecule has 2 aromatic rings. The van der Waals surface area contributed by atoms with Crippen molar-refractivity contribution in [3.05, 3.63) is 53.6 Å². The van der Waals surface area contributed by atoms with Crippen LogP contribution < -0.4 is 14.7 Å². The number of aliphatic hydroxyl groups is 1. The number of benzene rings is 2. The van der Waals surface area contributed by atoms with Gasteiger partial charge in [-0.1, -0.05) is 19.1 Å². The maximum atomic E-state index is 15.8. The number of rotatable bonds is 7. The van der Waals surface area contributed by atoms with Crippen molar-refractivity contribution < 1.29 is 28.3 Å². The molecule has 41 heavy (non-hydrogen) atoms. The highest BCUT2D eigenvalue weighted by molar-refractivity contribution is 6.72. The van der Waals surface area contributed by atoms with E-state index in [0.717, 1.165) is 29.8 Å². The Bertz CT molecular complexity index is 1380. The third kappa shape index (κ3) is 4.51. The molecule has 4 atom stereocenters.